The minimum Gasteiger partial charge on any atom is -0.481 e. The van der Waals surface area contributed by atoms with Crippen LogP contribution in [0.25, 0.3) is 6.08 Å². The Morgan fingerprint density at radius 2 is 2.00 bits per heavy atom. The monoisotopic (exact) mass is 234 g/mol. The van der Waals surface area contributed by atoms with E-state index in [-0.39, 0.29) is 6.42 Å². The van der Waals surface area contributed by atoms with Crippen LogP contribution in [-0.4, -0.2) is 21.8 Å². The van der Waals surface area contributed by atoms with E-state index in [1.807, 2.05) is 37.3 Å². The number of aliphatic hydroxyl groups is 1. The van der Waals surface area contributed by atoms with Crippen molar-refractivity contribution < 1.29 is 15.0 Å². The Morgan fingerprint density at radius 3 is 2.53 bits per heavy atom. The topological polar surface area (TPSA) is 57.5 Å². The van der Waals surface area contributed by atoms with Gasteiger partial charge in [-0.25, -0.2) is 0 Å². The van der Waals surface area contributed by atoms with E-state index in [0.717, 1.165) is 12.0 Å². The quantitative estimate of drug-likeness (QED) is 0.795. The Bertz CT molecular complexity index is 384. The number of hydrogen-bond donors (Lipinski definition) is 2. The zero-order valence-corrected chi connectivity index (χ0v) is 9.97. The Kier molecular flexibility index (Phi) is 4.91. The molecule has 0 radical (unpaired) electrons. The van der Waals surface area contributed by atoms with Gasteiger partial charge in [0.15, 0.2) is 0 Å². The van der Waals surface area contributed by atoms with Crippen LogP contribution < -0.4 is 0 Å². The Morgan fingerprint density at radius 1 is 1.35 bits per heavy atom. The van der Waals surface area contributed by atoms with Crippen LogP contribution in [0.5, 0.6) is 0 Å². The predicted molar refractivity (Wildman–Crippen MR) is 67.6 cm³/mol. The number of rotatable bonds is 6. The molecule has 0 amide bonds. The van der Waals surface area contributed by atoms with Gasteiger partial charge in [-0.3, -0.25) is 4.79 Å². The first kappa shape index (κ1) is 13.5. The minimum absolute atomic E-state index is 0.260. The highest BCUT2D eigenvalue weighted by Crippen LogP contribution is 2.20. The van der Waals surface area contributed by atoms with Crippen molar-refractivity contribution in [2.75, 3.05) is 0 Å². The molecule has 0 fully saturated rings. The van der Waals surface area contributed by atoms with E-state index in [4.69, 9.17) is 5.11 Å². The molecule has 3 heteroatoms. The van der Waals surface area contributed by atoms with Crippen LogP contribution in [0.15, 0.2) is 36.4 Å². The number of carboxylic acids is 1. The second kappa shape index (κ2) is 6.21. The number of aliphatic carboxylic acids is 1. The molecule has 0 bridgehead atoms. The van der Waals surface area contributed by atoms with Gasteiger partial charge in [-0.2, -0.15) is 0 Å². The summed E-state index contributed by atoms with van der Waals surface area (Å²) < 4.78 is 0. The number of carboxylic acid groups (broad SMARTS) is 1. The van der Waals surface area contributed by atoms with Crippen LogP contribution in [0.2, 0.25) is 0 Å². The van der Waals surface area contributed by atoms with E-state index in [2.05, 4.69) is 0 Å². The highest BCUT2D eigenvalue weighted by Gasteiger charge is 2.25. The highest BCUT2D eigenvalue weighted by atomic mass is 16.4. The van der Waals surface area contributed by atoms with E-state index < -0.39 is 11.6 Å². The van der Waals surface area contributed by atoms with Crippen molar-refractivity contribution in [3.8, 4) is 0 Å². The first-order chi connectivity index (χ1) is 8.06. The molecule has 1 aromatic rings. The lowest BCUT2D eigenvalue weighted by Crippen LogP contribution is -2.29. The lowest BCUT2D eigenvalue weighted by atomic mass is 9.93. The van der Waals surface area contributed by atoms with Crippen molar-refractivity contribution in [1.82, 2.24) is 0 Å². The summed E-state index contributed by atoms with van der Waals surface area (Å²) in [4.78, 5) is 10.7. The Labute approximate surface area is 101 Å². The number of hydrogen-bond acceptors (Lipinski definition) is 2. The largest absolute Gasteiger partial charge is 0.481 e. The molecule has 0 aliphatic carbocycles. The molecule has 0 saturated carbocycles. The molecule has 3 nitrogen and oxygen atoms in total. The molecule has 0 aliphatic rings. The number of carbonyl (C=O) groups is 1. The van der Waals surface area contributed by atoms with Crippen molar-refractivity contribution in [3.05, 3.63) is 42.0 Å². The maximum absolute atomic E-state index is 10.7. The summed E-state index contributed by atoms with van der Waals surface area (Å²) in [5.41, 5.74) is -0.302. The fourth-order valence-electron chi connectivity index (χ4n) is 1.74. The van der Waals surface area contributed by atoms with Crippen LogP contribution >= 0.6 is 0 Å². The third-order valence-corrected chi connectivity index (χ3v) is 2.53. The third kappa shape index (κ3) is 4.83. The summed E-state index contributed by atoms with van der Waals surface area (Å²) >= 11 is 0. The van der Waals surface area contributed by atoms with E-state index in [0.29, 0.717) is 6.42 Å². The standard InChI is InChI=1S/C14H18O3/c1-2-9-14(17,11-13(15)16)10-8-12-6-4-3-5-7-12/h3-8,10,17H,2,9,11H2,1H3,(H,15,16)/b10-8+. The van der Waals surface area contributed by atoms with Gasteiger partial charge in [-0.1, -0.05) is 55.8 Å². The molecule has 92 valence electrons. The van der Waals surface area contributed by atoms with Crippen molar-refractivity contribution in [2.45, 2.75) is 31.8 Å². The summed E-state index contributed by atoms with van der Waals surface area (Å²) in [6.07, 6.45) is 4.27. The second-order valence-electron chi connectivity index (χ2n) is 4.17. The molecule has 0 spiro atoms. The molecule has 0 saturated heterocycles. The zero-order chi connectivity index (χ0) is 12.7. The molecule has 1 unspecified atom stereocenters. The summed E-state index contributed by atoms with van der Waals surface area (Å²) in [6, 6.07) is 9.52. The molecule has 0 heterocycles. The predicted octanol–water partition coefficient (Wildman–Crippen LogP) is 2.71. The van der Waals surface area contributed by atoms with Gasteiger partial charge in [0.1, 0.15) is 0 Å². The molecular weight excluding hydrogens is 216 g/mol. The zero-order valence-electron chi connectivity index (χ0n) is 9.97. The average Bonchev–Trinajstić information content (AvgIpc) is 2.27. The van der Waals surface area contributed by atoms with E-state index in [9.17, 15) is 9.90 Å². The van der Waals surface area contributed by atoms with Crippen molar-refractivity contribution >= 4 is 12.0 Å². The highest BCUT2D eigenvalue weighted by molar-refractivity contribution is 5.69. The van der Waals surface area contributed by atoms with Gasteiger partial charge in [0, 0.05) is 0 Å². The fourth-order valence-corrected chi connectivity index (χ4v) is 1.74. The first-order valence-corrected chi connectivity index (χ1v) is 5.74. The molecule has 1 rings (SSSR count). The first-order valence-electron chi connectivity index (χ1n) is 5.74. The molecule has 1 atom stereocenters. The maximum Gasteiger partial charge on any atom is 0.306 e. The van der Waals surface area contributed by atoms with Gasteiger partial charge < -0.3 is 10.2 Å². The normalized spacial score (nSPS) is 14.7. The molecule has 1 aromatic carbocycles. The van der Waals surface area contributed by atoms with Crippen molar-refractivity contribution in [2.24, 2.45) is 0 Å². The lowest BCUT2D eigenvalue weighted by molar-refractivity contribution is -0.141. The minimum atomic E-state index is -1.25. The van der Waals surface area contributed by atoms with Gasteiger partial charge >= 0.3 is 5.97 Å². The van der Waals surface area contributed by atoms with Crippen LogP contribution in [0.1, 0.15) is 31.7 Å². The second-order valence-corrected chi connectivity index (χ2v) is 4.17. The number of benzene rings is 1. The summed E-state index contributed by atoms with van der Waals surface area (Å²) in [5.74, 6) is -0.987. The van der Waals surface area contributed by atoms with Crippen molar-refractivity contribution in [1.29, 1.82) is 0 Å². The van der Waals surface area contributed by atoms with Gasteiger partial charge in [-0.15, -0.1) is 0 Å². The van der Waals surface area contributed by atoms with Crippen LogP contribution in [0, 0.1) is 0 Å². The Hall–Kier alpha value is -1.61. The summed E-state index contributed by atoms with van der Waals surface area (Å²) in [7, 11) is 0. The molecule has 0 aliphatic heterocycles. The van der Waals surface area contributed by atoms with E-state index in [1.54, 1.807) is 12.2 Å². The van der Waals surface area contributed by atoms with Gasteiger partial charge in [0.05, 0.1) is 12.0 Å². The van der Waals surface area contributed by atoms with Crippen LogP contribution in [0.4, 0.5) is 0 Å². The van der Waals surface area contributed by atoms with Crippen LogP contribution in [0.3, 0.4) is 0 Å². The average molecular weight is 234 g/mol. The van der Waals surface area contributed by atoms with E-state index in [1.165, 1.54) is 0 Å². The van der Waals surface area contributed by atoms with E-state index >= 15 is 0 Å². The molecule has 0 aromatic heterocycles. The lowest BCUT2D eigenvalue weighted by Gasteiger charge is -2.21. The summed E-state index contributed by atoms with van der Waals surface area (Å²) in [5, 5.41) is 19.0. The van der Waals surface area contributed by atoms with Crippen molar-refractivity contribution in [3.63, 3.8) is 0 Å². The maximum atomic E-state index is 10.7. The smallest absolute Gasteiger partial charge is 0.306 e. The Balaban J connectivity index is 2.79. The molecule has 17 heavy (non-hydrogen) atoms. The summed E-state index contributed by atoms with van der Waals surface area (Å²) in [6.45, 7) is 1.92. The van der Waals surface area contributed by atoms with Crippen LogP contribution in [-0.2, 0) is 4.79 Å². The van der Waals surface area contributed by atoms with Gasteiger partial charge in [0.25, 0.3) is 0 Å². The van der Waals surface area contributed by atoms with Gasteiger partial charge in [0.2, 0.25) is 0 Å². The molecular formula is C14H18O3. The SMILES string of the molecule is CCCC(O)(/C=C/c1ccccc1)CC(=O)O. The fraction of sp³-hybridized carbons (Fsp3) is 0.357. The van der Waals surface area contributed by atoms with Gasteiger partial charge in [-0.05, 0) is 12.0 Å². The third-order valence-electron chi connectivity index (χ3n) is 2.53. The molecule has 2 N–H and O–H groups in total.